The third-order valence-corrected chi connectivity index (χ3v) is 4.07. The fraction of sp³-hybridized carbons (Fsp3) is 0.0556. The van der Waals surface area contributed by atoms with Crippen LogP contribution < -0.4 is 5.32 Å². The van der Waals surface area contributed by atoms with Crippen LogP contribution in [0.5, 0.6) is 0 Å². The van der Waals surface area contributed by atoms with Crippen LogP contribution in [-0.2, 0) is 6.54 Å². The fourth-order valence-corrected chi connectivity index (χ4v) is 2.79. The number of hydrogen-bond acceptors (Lipinski definition) is 4. The van der Waals surface area contributed by atoms with Crippen molar-refractivity contribution in [2.24, 2.45) is 0 Å². The summed E-state index contributed by atoms with van der Waals surface area (Å²) in [4.78, 5) is 13.8. The Hall–Kier alpha value is -2.93. The second-order valence-corrected chi connectivity index (χ2v) is 6.26. The van der Waals surface area contributed by atoms with Crippen molar-refractivity contribution in [1.82, 2.24) is 15.0 Å². The molecular weight excluding hydrogens is 384 g/mol. The van der Waals surface area contributed by atoms with E-state index in [0.29, 0.717) is 22.4 Å². The summed E-state index contributed by atoms with van der Waals surface area (Å²) in [6.45, 7) is 0.595. The number of benzene rings is 2. The minimum Gasteiger partial charge on any atom is -0.444 e. The number of carbonyl (C=O) groups is 1. The number of rotatable bonds is 4. The van der Waals surface area contributed by atoms with Gasteiger partial charge in [-0.2, -0.15) is 15.0 Å². The Bertz CT molecular complexity index is 1040. The number of carbonyl (C=O) groups excluding carboxylic acids is 1. The topological polar surface area (TPSA) is 73.0 Å². The zero-order chi connectivity index (χ0) is 17.2. The van der Waals surface area contributed by atoms with Gasteiger partial charge < -0.3 is 9.73 Å². The second-order valence-electron chi connectivity index (χ2n) is 5.48. The lowest BCUT2D eigenvalue weighted by Crippen LogP contribution is -2.10. The Kier molecular flexibility index (Phi) is 4.07. The molecule has 0 radical (unpaired) electrons. The summed E-state index contributed by atoms with van der Waals surface area (Å²) in [6, 6.07) is 18.7. The average Bonchev–Trinajstić information content (AvgIpc) is 3.21. The third kappa shape index (κ3) is 3.46. The van der Waals surface area contributed by atoms with Crippen molar-refractivity contribution in [1.29, 1.82) is 0 Å². The SMILES string of the molecule is O=C(Nc1ccc2nn(Cc3ccccc3)nc2c1)c1ccc(Br)o1. The van der Waals surface area contributed by atoms with E-state index in [4.69, 9.17) is 4.42 Å². The number of nitrogens with zero attached hydrogens (tertiary/aromatic N) is 3. The maximum atomic E-state index is 12.1. The number of anilines is 1. The van der Waals surface area contributed by atoms with E-state index < -0.39 is 0 Å². The number of fused-ring (bicyclic) bond motifs is 1. The fourth-order valence-electron chi connectivity index (χ4n) is 2.48. The maximum Gasteiger partial charge on any atom is 0.291 e. The number of amides is 1. The van der Waals surface area contributed by atoms with Crippen LogP contribution in [0.4, 0.5) is 5.69 Å². The van der Waals surface area contributed by atoms with Crippen LogP contribution in [0.1, 0.15) is 16.1 Å². The smallest absolute Gasteiger partial charge is 0.291 e. The van der Waals surface area contributed by atoms with Crippen molar-refractivity contribution in [2.75, 3.05) is 5.32 Å². The molecule has 0 aliphatic carbocycles. The largest absolute Gasteiger partial charge is 0.444 e. The first kappa shape index (κ1) is 15.6. The maximum absolute atomic E-state index is 12.1. The first-order valence-electron chi connectivity index (χ1n) is 7.63. The molecule has 0 saturated carbocycles. The Morgan fingerprint density at radius 3 is 2.60 bits per heavy atom. The predicted octanol–water partition coefficient (Wildman–Crippen LogP) is 4.09. The zero-order valence-corrected chi connectivity index (χ0v) is 14.6. The van der Waals surface area contributed by atoms with E-state index >= 15 is 0 Å². The van der Waals surface area contributed by atoms with Crippen molar-refractivity contribution in [3.8, 4) is 0 Å². The molecule has 0 unspecified atom stereocenters. The Morgan fingerprint density at radius 2 is 1.84 bits per heavy atom. The average molecular weight is 397 g/mol. The molecule has 124 valence electrons. The lowest BCUT2D eigenvalue weighted by molar-refractivity contribution is 0.0995. The van der Waals surface area contributed by atoms with E-state index in [1.165, 1.54) is 0 Å². The van der Waals surface area contributed by atoms with Gasteiger partial charge >= 0.3 is 0 Å². The molecule has 0 spiro atoms. The van der Waals surface area contributed by atoms with Crippen LogP contribution in [0.25, 0.3) is 11.0 Å². The molecule has 1 amide bonds. The predicted molar refractivity (Wildman–Crippen MR) is 97.4 cm³/mol. The van der Waals surface area contributed by atoms with E-state index in [9.17, 15) is 4.79 Å². The van der Waals surface area contributed by atoms with Gasteiger partial charge in [0.05, 0.1) is 6.54 Å². The van der Waals surface area contributed by atoms with Gasteiger partial charge in [-0.25, -0.2) is 0 Å². The standard InChI is InChI=1S/C18H13BrN4O2/c19-17-9-8-16(25-17)18(24)20-13-6-7-14-15(10-13)22-23(21-14)11-12-4-2-1-3-5-12/h1-10H,11H2,(H,20,24). The van der Waals surface area contributed by atoms with Gasteiger partial charge in [-0.3, -0.25) is 4.79 Å². The van der Waals surface area contributed by atoms with Crippen LogP contribution in [0, 0.1) is 0 Å². The first-order chi connectivity index (χ1) is 12.2. The highest BCUT2D eigenvalue weighted by molar-refractivity contribution is 9.10. The molecule has 25 heavy (non-hydrogen) atoms. The molecule has 0 aliphatic heterocycles. The van der Waals surface area contributed by atoms with E-state index in [0.717, 1.165) is 11.1 Å². The summed E-state index contributed by atoms with van der Waals surface area (Å²) in [7, 11) is 0. The lowest BCUT2D eigenvalue weighted by Gasteiger charge is -2.02. The monoisotopic (exact) mass is 396 g/mol. The van der Waals surface area contributed by atoms with Gasteiger partial charge in [-0.15, -0.1) is 0 Å². The van der Waals surface area contributed by atoms with E-state index in [1.54, 1.807) is 29.1 Å². The highest BCUT2D eigenvalue weighted by atomic mass is 79.9. The number of aromatic nitrogens is 3. The normalized spacial score (nSPS) is 10.9. The van der Waals surface area contributed by atoms with Crippen LogP contribution in [0.2, 0.25) is 0 Å². The van der Waals surface area contributed by atoms with Gasteiger partial charge in [-0.1, -0.05) is 30.3 Å². The highest BCUT2D eigenvalue weighted by Gasteiger charge is 2.12. The van der Waals surface area contributed by atoms with Gasteiger partial charge in [0.1, 0.15) is 11.0 Å². The molecule has 1 N–H and O–H groups in total. The summed E-state index contributed by atoms with van der Waals surface area (Å²) in [5.74, 6) is -0.0820. The van der Waals surface area contributed by atoms with Crippen LogP contribution >= 0.6 is 15.9 Å². The highest BCUT2D eigenvalue weighted by Crippen LogP contribution is 2.19. The molecule has 7 heteroatoms. The third-order valence-electron chi connectivity index (χ3n) is 3.64. The van der Waals surface area contributed by atoms with E-state index in [2.05, 4.69) is 31.4 Å². The Morgan fingerprint density at radius 1 is 1.04 bits per heavy atom. The summed E-state index contributed by atoms with van der Waals surface area (Å²) in [5, 5.41) is 11.7. The Balaban J connectivity index is 1.55. The summed E-state index contributed by atoms with van der Waals surface area (Å²) >= 11 is 3.18. The summed E-state index contributed by atoms with van der Waals surface area (Å²) < 4.78 is 5.76. The van der Waals surface area contributed by atoms with Crippen molar-refractivity contribution >= 4 is 38.6 Å². The van der Waals surface area contributed by atoms with Gasteiger partial charge in [0, 0.05) is 5.69 Å². The number of furan rings is 1. The first-order valence-corrected chi connectivity index (χ1v) is 8.42. The molecule has 0 atom stereocenters. The van der Waals surface area contributed by atoms with Gasteiger partial charge in [0.2, 0.25) is 0 Å². The molecule has 2 aromatic carbocycles. The molecular formula is C18H13BrN4O2. The molecule has 2 aromatic heterocycles. The minimum absolute atomic E-state index is 0.236. The number of nitrogens with one attached hydrogen (secondary N) is 1. The van der Waals surface area contributed by atoms with Crippen molar-refractivity contribution in [3.63, 3.8) is 0 Å². The number of hydrogen-bond donors (Lipinski definition) is 1. The van der Waals surface area contributed by atoms with Crippen LogP contribution in [-0.4, -0.2) is 20.9 Å². The van der Waals surface area contributed by atoms with Gasteiger partial charge in [-0.05, 0) is 51.8 Å². The quantitative estimate of drug-likeness (QED) is 0.563. The van der Waals surface area contributed by atoms with Crippen LogP contribution in [0.3, 0.4) is 0 Å². The van der Waals surface area contributed by atoms with E-state index in [1.807, 2.05) is 36.4 Å². The van der Waals surface area contributed by atoms with Crippen molar-refractivity contribution in [3.05, 3.63) is 76.7 Å². The molecule has 4 rings (SSSR count). The van der Waals surface area contributed by atoms with Crippen molar-refractivity contribution in [2.45, 2.75) is 6.54 Å². The van der Waals surface area contributed by atoms with Gasteiger partial charge in [0.15, 0.2) is 10.4 Å². The lowest BCUT2D eigenvalue weighted by atomic mass is 10.2. The molecule has 2 heterocycles. The summed E-state index contributed by atoms with van der Waals surface area (Å²) in [6.07, 6.45) is 0. The Labute approximate surface area is 151 Å². The van der Waals surface area contributed by atoms with Gasteiger partial charge in [0.25, 0.3) is 5.91 Å². The summed E-state index contributed by atoms with van der Waals surface area (Å²) in [5.41, 5.74) is 3.25. The molecule has 0 bridgehead atoms. The number of halogens is 1. The minimum atomic E-state index is -0.318. The van der Waals surface area contributed by atoms with Crippen molar-refractivity contribution < 1.29 is 9.21 Å². The van der Waals surface area contributed by atoms with E-state index in [-0.39, 0.29) is 11.7 Å². The molecule has 0 aliphatic rings. The molecule has 6 nitrogen and oxygen atoms in total. The molecule has 4 aromatic rings. The molecule has 0 fully saturated rings. The molecule has 0 saturated heterocycles. The zero-order valence-electron chi connectivity index (χ0n) is 13.0. The van der Waals surface area contributed by atoms with Crippen LogP contribution in [0.15, 0.2) is 69.8 Å². The second kappa shape index (κ2) is 6.52.